The normalized spacial score (nSPS) is 12.3. The molecule has 4 nitrogen and oxygen atoms in total. The molecule has 38 heavy (non-hydrogen) atoms. The Bertz CT molecular complexity index is 1110. The molecule has 0 radical (unpaired) electrons. The molecule has 2 unspecified atom stereocenters. The van der Waals surface area contributed by atoms with Gasteiger partial charge in [0.2, 0.25) is 0 Å². The van der Waals surface area contributed by atoms with Crippen LogP contribution >= 0.6 is 32.0 Å². The van der Waals surface area contributed by atoms with E-state index in [0.29, 0.717) is 0 Å². The van der Waals surface area contributed by atoms with Crippen LogP contribution in [0.2, 0.25) is 0 Å². The van der Waals surface area contributed by atoms with E-state index in [0.717, 1.165) is 46.9 Å². The summed E-state index contributed by atoms with van der Waals surface area (Å²) in [6, 6.07) is 40.8. The lowest BCUT2D eigenvalue weighted by atomic mass is 10.2. The molecular formula is C30H32N2O2P4. The third-order valence-corrected chi connectivity index (χ3v) is 13.3. The van der Waals surface area contributed by atoms with Gasteiger partial charge in [-0.15, -0.1) is 9.72 Å². The highest BCUT2D eigenvalue weighted by atomic mass is 31.2. The molecule has 8 heteroatoms. The Morgan fingerprint density at radius 3 is 1.00 bits per heavy atom. The summed E-state index contributed by atoms with van der Waals surface area (Å²) >= 11 is 0. The molecule has 0 aliphatic carbocycles. The number of benzene rings is 4. The third-order valence-electron chi connectivity index (χ3n) is 5.70. The van der Waals surface area contributed by atoms with Crippen molar-refractivity contribution in [1.82, 2.24) is 9.72 Å². The molecule has 0 aromatic heterocycles. The van der Waals surface area contributed by atoms with Crippen LogP contribution in [0, 0.1) is 0 Å². The van der Waals surface area contributed by atoms with Crippen LogP contribution in [-0.4, -0.2) is 11.6 Å². The SMILES string of the molecule is [O-][P+](=CCCCCC=[P+]([O-])NP(c1ccccc1)c1ccccc1)NP(c1ccccc1)c1ccccc1. The molecular weight excluding hydrogens is 544 g/mol. The van der Waals surface area contributed by atoms with Crippen LogP contribution in [0.25, 0.3) is 0 Å². The fourth-order valence-corrected chi connectivity index (χ4v) is 11.2. The second-order valence-electron chi connectivity index (χ2n) is 8.51. The van der Waals surface area contributed by atoms with E-state index >= 15 is 0 Å². The molecule has 0 aliphatic heterocycles. The van der Waals surface area contributed by atoms with E-state index in [2.05, 4.69) is 58.2 Å². The van der Waals surface area contributed by atoms with E-state index in [-0.39, 0.29) is 0 Å². The summed E-state index contributed by atoms with van der Waals surface area (Å²) in [5.74, 6) is 3.78. The lowest BCUT2D eigenvalue weighted by molar-refractivity contribution is -0.154. The first kappa shape index (κ1) is 28.9. The highest BCUT2D eigenvalue weighted by Gasteiger charge is 2.18. The molecule has 0 aliphatic rings. The summed E-state index contributed by atoms with van der Waals surface area (Å²) in [5, 5.41) is 4.62. The second-order valence-corrected chi connectivity index (χ2v) is 15.6. The van der Waals surface area contributed by atoms with Gasteiger partial charge in [0.05, 0.1) is 16.1 Å². The Labute approximate surface area is 230 Å². The Balaban J connectivity index is 1.28. The first-order valence-corrected chi connectivity index (χ1v) is 18.0. The standard InChI is InChI=1S/C30H32N2O2P4/c33-35(31-37(27-17-7-3-8-18-27)28-19-9-4-10-20-28)25-15-1-2-16-26-36(34)32-38(29-21-11-5-12-22-29)30-23-13-6-14-24-30/h3-14,17-26,31-32H,1-2,15-16H2. The number of hydrogen-bond acceptors (Lipinski definition) is 4. The van der Waals surface area contributed by atoms with E-state index in [1.165, 1.54) is 0 Å². The number of rotatable bonds is 13. The Morgan fingerprint density at radius 1 is 0.474 bits per heavy atom. The van der Waals surface area contributed by atoms with Crippen LogP contribution in [0.5, 0.6) is 0 Å². The monoisotopic (exact) mass is 576 g/mol. The molecule has 4 rings (SSSR count). The summed E-state index contributed by atoms with van der Waals surface area (Å²) in [7, 11) is -5.06. The second kappa shape index (κ2) is 16.1. The van der Waals surface area contributed by atoms with Gasteiger partial charge in [-0.1, -0.05) is 121 Å². The average Bonchev–Trinajstić information content (AvgIpc) is 2.98. The molecule has 0 heterocycles. The minimum atomic E-state index is -1.64. The van der Waals surface area contributed by atoms with E-state index in [9.17, 15) is 9.79 Å². The number of hydrogen-bond donors (Lipinski definition) is 2. The Morgan fingerprint density at radius 2 is 0.737 bits per heavy atom. The molecule has 2 N–H and O–H groups in total. The van der Waals surface area contributed by atoms with E-state index < -0.39 is 32.0 Å². The van der Waals surface area contributed by atoms with E-state index in [4.69, 9.17) is 0 Å². The van der Waals surface area contributed by atoms with Gasteiger partial charge in [-0.25, -0.2) is 0 Å². The number of unbranched alkanes of at least 4 members (excludes halogenated alkanes) is 3. The maximum Gasteiger partial charge on any atom is 0.144 e. The Kier molecular flexibility index (Phi) is 12.3. The van der Waals surface area contributed by atoms with Gasteiger partial charge in [-0.05, 0) is 34.1 Å². The van der Waals surface area contributed by atoms with E-state index in [1.807, 2.05) is 84.4 Å². The molecule has 4 aromatic rings. The molecule has 0 saturated carbocycles. The fourth-order valence-electron chi connectivity index (χ4n) is 3.82. The topological polar surface area (TPSA) is 70.2 Å². The van der Waals surface area contributed by atoms with E-state index in [1.54, 1.807) is 0 Å². The molecule has 2 atom stereocenters. The van der Waals surface area contributed by atoms with Gasteiger partial charge in [0.25, 0.3) is 0 Å². The van der Waals surface area contributed by atoms with Crippen molar-refractivity contribution in [2.75, 3.05) is 0 Å². The maximum absolute atomic E-state index is 12.9. The van der Waals surface area contributed by atoms with Gasteiger partial charge in [0.1, 0.15) is 27.4 Å². The smallest absolute Gasteiger partial charge is 0.144 e. The van der Waals surface area contributed by atoms with Crippen molar-refractivity contribution in [3.05, 3.63) is 121 Å². The highest BCUT2D eigenvalue weighted by Crippen LogP contribution is 2.35. The Hall–Kier alpha value is -2.08. The van der Waals surface area contributed by atoms with Crippen LogP contribution in [-0.2, 0) is 0 Å². The van der Waals surface area contributed by atoms with Gasteiger partial charge in [-0.2, -0.15) is 0 Å². The summed E-state index contributed by atoms with van der Waals surface area (Å²) in [5.41, 5.74) is 0. The molecule has 0 spiro atoms. The summed E-state index contributed by atoms with van der Waals surface area (Å²) in [6.07, 6.45) is 3.33. The first-order chi connectivity index (χ1) is 18.7. The minimum Gasteiger partial charge on any atom is -0.614 e. The zero-order chi connectivity index (χ0) is 26.4. The summed E-state index contributed by atoms with van der Waals surface area (Å²) in [6.45, 7) is 0. The predicted molar refractivity (Wildman–Crippen MR) is 169 cm³/mol. The van der Waals surface area contributed by atoms with Gasteiger partial charge < -0.3 is 9.79 Å². The van der Waals surface area contributed by atoms with Crippen LogP contribution < -0.4 is 40.7 Å². The lowest BCUT2D eigenvalue weighted by Crippen LogP contribution is -2.21. The van der Waals surface area contributed by atoms with Crippen molar-refractivity contribution in [3.63, 3.8) is 0 Å². The third kappa shape index (κ3) is 9.29. The van der Waals surface area contributed by atoms with Crippen LogP contribution in [0.4, 0.5) is 0 Å². The fraction of sp³-hybridized carbons (Fsp3) is 0.133. The molecule has 4 aromatic carbocycles. The van der Waals surface area contributed by atoms with Crippen molar-refractivity contribution in [3.8, 4) is 0 Å². The van der Waals surface area contributed by atoms with Crippen LogP contribution in [0.15, 0.2) is 121 Å². The van der Waals surface area contributed by atoms with Crippen LogP contribution in [0.3, 0.4) is 0 Å². The maximum atomic E-state index is 12.9. The highest BCUT2D eigenvalue weighted by molar-refractivity contribution is 7.78. The molecule has 0 fully saturated rings. The zero-order valence-corrected chi connectivity index (χ0v) is 24.7. The van der Waals surface area contributed by atoms with Gasteiger partial charge >= 0.3 is 0 Å². The van der Waals surface area contributed by atoms with Crippen molar-refractivity contribution in [2.45, 2.75) is 25.7 Å². The molecule has 194 valence electrons. The van der Waals surface area contributed by atoms with Gasteiger partial charge in [-0.3, -0.25) is 0 Å². The molecule has 0 saturated heterocycles. The van der Waals surface area contributed by atoms with Gasteiger partial charge in [0.15, 0.2) is 0 Å². The largest absolute Gasteiger partial charge is 0.614 e. The van der Waals surface area contributed by atoms with Crippen molar-refractivity contribution < 1.29 is 9.79 Å². The van der Waals surface area contributed by atoms with Crippen molar-refractivity contribution in [1.29, 1.82) is 0 Å². The van der Waals surface area contributed by atoms with Gasteiger partial charge in [0, 0.05) is 12.8 Å². The van der Waals surface area contributed by atoms with Crippen molar-refractivity contribution >= 4 is 64.8 Å². The first-order valence-electron chi connectivity index (χ1n) is 12.6. The molecule has 0 amide bonds. The summed E-state index contributed by atoms with van der Waals surface area (Å²) < 4.78 is 0. The predicted octanol–water partition coefficient (Wildman–Crippen LogP) is 4.77. The van der Waals surface area contributed by atoms with Crippen LogP contribution in [0.1, 0.15) is 25.7 Å². The summed E-state index contributed by atoms with van der Waals surface area (Å²) in [4.78, 5) is 32.5. The zero-order valence-electron chi connectivity index (χ0n) is 21.1. The quantitative estimate of drug-likeness (QED) is 0.178. The molecule has 0 bridgehead atoms. The average molecular weight is 576 g/mol. The number of nitrogens with one attached hydrogen (secondary N) is 2. The minimum absolute atomic E-state index is 0.758. The van der Waals surface area contributed by atoms with Crippen molar-refractivity contribution in [2.24, 2.45) is 0 Å². The lowest BCUT2D eigenvalue weighted by Gasteiger charge is -2.17.